The summed E-state index contributed by atoms with van der Waals surface area (Å²) in [6.07, 6.45) is 5.47. The quantitative estimate of drug-likeness (QED) is 0.755. The van der Waals surface area contributed by atoms with Crippen LogP contribution in [0.2, 0.25) is 0 Å². The molecule has 1 aliphatic heterocycles. The lowest BCUT2D eigenvalue weighted by atomic mass is 10.1. The van der Waals surface area contributed by atoms with Gasteiger partial charge in [-0.05, 0) is 36.4 Å². The Morgan fingerprint density at radius 3 is 2.70 bits per heavy atom. The molecule has 4 rings (SSSR count). The van der Waals surface area contributed by atoms with Gasteiger partial charge in [0.25, 0.3) is 5.91 Å². The number of carbonyl (C=O) groups excluding carboxylic acids is 1. The predicted molar refractivity (Wildman–Crippen MR) is 105 cm³/mol. The van der Waals surface area contributed by atoms with Gasteiger partial charge >= 0.3 is 0 Å². The van der Waals surface area contributed by atoms with Crippen LogP contribution in [0.3, 0.4) is 0 Å². The maximum Gasteiger partial charge on any atom is 0.254 e. The standard InChI is InChI=1S/C20H21N5OS/c1-24-12-11-23-19(24)17-14-21-10-13-25(17)20(26)15-5-7-16(8-6-15)27-18-4-2-3-9-22-18/h2-9,11-12,17,21H,10,13-14H2,1H3. The maximum absolute atomic E-state index is 13.1. The van der Waals surface area contributed by atoms with E-state index in [0.717, 1.165) is 22.3 Å². The van der Waals surface area contributed by atoms with Crippen LogP contribution in [0.4, 0.5) is 0 Å². The average molecular weight is 379 g/mol. The van der Waals surface area contributed by atoms with Crippen molar-refractivity contribution in [1.82, 2.24) is 24.8 Å². The van der Waals surface area contributed by atoms with E-state index in [1.54, 1.807) is 24.2 Å². The number of hydrogen-bond acceptors (Lipinski definition) is 5. The van der Waals surface area contributed by atoms with Crippen LogP contribution < -0.4 is 5.32 Å². The zero-order valence-corrected chi connectivity index (χ0v) is 15.9. The summed E-state index contributed by atoms with van der Waals surface area (Å²) >= 11 is 1.58. The number of amides is 1. The molecule has 138 valence electrons. The zero-order valence-electron chi connectivity index (χ0n) is 15.1. The number of pyridine rings is 1. The second-order valence-electron chi connectivity index (χ2n) is 6.41. The molecule has 1 saturated heterocycles. The van der Waals surface area contributed by atoms with E-state index in [2.05, 4.69) is 15.3 Å². The van der Waals surface area contributed by atoms with Crippen molar-refractivity contribution in [3.05, 3.63) is 72.4 Å². The number of nitrogens with one attached hydrogen (secondary N) is 1. The van der Waals surface area contributed by atoms with Crippen molar-refractivity contribution >= 4 is 17.7 Å². The highest BCUT2D eigenvalue weighted by molar-refractivity contribution is 7.99. The summed E-state index contributed by atoms with van der Waals surface area (Å²) in [5, 5.41) is 4.30. The Labute approximate surface area is 162 Å². The van der Waals surface area contributed by atoms with Gasteiger partial charge < -0.3 is 14.8 Å². The van der Waals surface area contributed by atoms with Crippen molar-refractivity contribution in [2.45, 2.75) is 16.0 Å². The average Bonchev–Trinajstić information content (AvgIpc) is 3.14. The molecule has 1 atom stereocenters. The normalized spacial score (nSPS) is 17.1. The Morgan fingerprint density at radius 1 is 1.15 bits per heavy atom. The molecule has 27 heavy (non-hydrogen) atoms. The number of carbonyl (C=O) groups is 1. The molecule has 3 heterocycles. The Kier molecular flexibility index (Phi) is 5.22. The zero-order chi connectivity index (χ0) is 18.6. The van der Waals surface area contributed by atoms with E-state index >= 15 is 0 Å². The third-order valence-electron chi connectivity index (χ3n) is 4.62. The van der Waals surface area contributed by atoms with E-state index in [-0.39, 0.29) is 11.9 Å². The molecule has 7 heteroatoms. The van der Waals surface area contributed by atoms with E-state index in [0.29, 0.717) is 18.7 Å². The molecule has 0 radical (unpaired) electrons. The fraction of sp³-hybridized carbons (Fsp3) is 0.250. The molecule has 0 saturated carbocycles. The van der Waals surface area contributed by atoms with Crippen LogP contribution in [0.25, 0.3) is 0 Å². The molecule has 0 spiro atoms. The number of hydrogen-bond donors (Lipinski definition) is 1. The minimum atomic E-state index is -0.0613. The summed E-state index contributed by atoms with van der Waals surface area (Å²) in [7, 11) is 1.96. The van der Waals surface area contributed by atoms with Gasteiger partial charge in [-0.2, -0.15) is 0 Å². The molecule has 1 unspecified atom stereocenters. The van der Waals surface area contributed by atoms with Gasteiger partial charge in [0, 0.05) is 55.7 Å². The number of piperazine rings is 1. The van der Waals surface area contributed by atoms with Gasteiger partial charge in [-0.25, -0.2) is 9.97 Å². The Balaban J connectivity index is 1.52. The number of imidazole rings is 1. The van der Waals surface area contributed by atoms with Crippen LogP contribution in [0, 0.1) is 0 Å². The number of aryl methyl sites for hydroxylation is 1. The summed E-state index contributed by atoms with van der Waals surface area (Å²) in [5.41, 5.74) is 0.696. The van der Waals surface area contributed by atoms with Gasteiger partial charge in [0.05, 0.1) is 0 Å². The molecule has 2 aromatic heterocycles. The smallest absolute Gasteiger partial charge is 0.254 e. The van der Waals surface area contributed by atoms with Crippen LogP contribution in [0.1, 0.15) is 22.2 Å². The fourth-order valence-electron chi connectivity index (χ4n) is 3.24. The van der Waals surface area contributed by atoms with Crippen LogP contribution in [-0.4, -0.2) is 45.0 Å². The van der Waals surface area contributed by atoms with E-state index in [4.69, 9.17) is 0 Å². The molecule has 1 aliphatic rings. The van der Waals surface area contributed by atoms with E-state index in [9.17, 15) is 4.79 Å². The van der Waals surface area contributed by atoms with Crippen molar-refractivity contribution < 1.29 is 4.79 Å². The maximum atomic E-state index is 13.1. The molecule has 1 amide bonds. The molecule has 0 bridgehead atoms. The summed E-state index contributed by atoms with van der Waals surface area (Å²) < 4.78 is 1.98. The summed E-state index contributed by atoms with van der Waals surface area (Å²) in [4.78, 5) is 24.9. The van der Waals surface area contributed by atoms with Gasteiger partial charge in [0.1, 0.15) is 16.9 Å². The summed E-state index contributed by atoms with van der Waals surface area (Å²) in [6, 6.07) is 13.5. The molecule has 1 N–H and O–H groups in total. The third-order valence-corrected chi connectivity index (χ3v) is 5.58. The molecular weight excluding hydrogens is 358 g/mol. The Bertz CT molecular complexity index is 910. The van der Waals surface area contributed by atoms with Crippen LogP contribution in [-0.2, 0) is 7.05 Å². The molecule has 0 aliphatic carbocycles. The van der Waals surface area contributed by atoms with Gasteiger partial charge in [0.15, 0.2) is 0 Å². The summed E-state index contributed by atoms with van der Waals surface area (Å²) in [6.45, 7) is 2.17. The van der Waals surface area contributed by atoms with E-state index < -0.39 is 0 Å². The molecule has 6 nitrogen and oxygen atoms in total. The van der Waals surface area contributed by atoms with Crippen LogP contribution in [0.15, 0.2) is 71.0 Å². The highest BCUT2D eigenvalue weighted by atomic mass is 32.2. The van der Waals surface area contributed by atoms with Gasteiger partial charge in [-0.15, -0.1) is 0 Å². The number of benzene rings is 1. The Morgan fingerprint density at radius 2 is 2.00 bits per heavy atom. The largest absolute Gasteiger partial charge is 0.336 e. The number of rotatable bonds is 4. The van der Waals surface area contributed by atoms with Crippen molar-refractivity contribution in [3.63, 3.8) is 0 Å². The van der Waals surface area contributed by atoms with Crippen molar-refractivity contribution in [2.75, 3.05) is 19.6 Å². The van der Waals surface area contributed by atoms with Gasteiger partial charge in [-0.1, -0.05) is 17.8 Å². The SMILES string of the molecule is Cn1ccnc1C1CNCCN1C(=O)c1ccc(Sc2ccccn2)cc1. The summed E-state index contributed by atoms with van der Waals surface area (Å²) in [5.74, 6) is 0.941. The first kappa shape index (κ1) is 17.8. The van der Waals surface area contributed by atoms with Crippen LogP contribution >= 0.6 is 11.8 Å². The molecule has 1 fully saturated rings. The highest BCUT2D eigenvalue weighted by Gasteiger charge is 2.30. The minimum absolute atomic E-state index is 0.0406. The Hall–Kier alpha value is -2.64. The first-order valence-electron chi connectivity index (χ1n) is 8.90. The third kappa shape index (κ3) is 3.89. The number of nitrogens with zero attached hydrogens (tertiary/aromatic N) is 4. The van der Waals surface area contributed by atoms with Crippen LogP contribution in [0.5, 0.6) is 0 Å². The van der Waals surface area contributed by atoms with E-state index in [1.807, 2.05) is 65.2 Å². The van der Waals surface area contributed by atoms with Gasteiger partial charge in [0.2, 0.25) is 0 Å². The fourth-order valence-corrected chi connectivity index (χ4v) is 4.01. The first-order valence-corrected chi connectivity index (χ1v) is 9.72. The van der Waals surface area contributed by atoms with Gasteiger partial charge in [-0.3, -0.25) is 4.79 Å². The van der Waals surface area contributed by atoms with E-state index in [1.165, 1.54) is 0 Å². The number of aromatic nitrogens is 3. The lowest BCUT2D eigenvalue weighted by Crippen LogP contribution is -2.49. The van der Waals surface area contributed by atoms with Crippen molar-refractivity contribution in [1.29, 1.82) is 0 Å². The second-order valence-corrected chi connectivity index (χ2v) is 7.50. The second kappa shape index (κ2) is 7.94. The molecular formula is C20H21N5OS. The monoisotopic (exact) mass is 379 g/mol. The minimum Gasteiger partial charge on any atom is -0.336 e. The van der Waals surface area contributed by atoms with Crippen molar-refractivity contribution in [2.24, 2.45) is 7.05 Å². The lowest BCUT2D eigenvalue weighted by molar-refractivity contribution is 0.0621. The first-order chi connectivity index (χ1) is 13.2. The predicted octanol–water partition coefficient (Wildman–Crippen LogP) is 2.75. The molecule has 3 aromatic rings. The highest BCUT2D eigenvalue weighted by Crippen LogP contribution is 2.27. The topological polar surface area (TPSA) is 63.1 Å². The molecule has 1 aromatic carbocycles. The lowest BCUT2D eigenvalue weighted by Gasteiger charge is -2.35. The van der Waals surface area contributed by atoms with Crippen molar-refractivity contribution in [3.8, 4) is 0 Å².